The average Bonchev–Trinajstić information content (AvgIpc) is 3.24. The van der Waals surface area contributed by atoms with E-state index in [-0.39, 0.29) is 12.1 Å². The van der Waals surface area contributed by atoms with Gasteiger partial charge in [0.1, 0.15) is 9.96 Å². The zero-order chi connectivity index (χ0) is 20.7. The van der Waals surface area contributed by atoms with E-state index in [0.717, 1.165) is 17.7 Å². The summed E-state index contributed by atoms with van der Waals surface area (Å²) in [5, 5.41) is 4.65. The van der Waals surface area contributed by atoms with Crippen LogP contribution in [0.1, 0.15) is 24.8 Å². The third-order valence-corrected chi connectivity index (χ3v) is 7.64. The molecule has 1 aliphatic rings. The van der Waals surface area contributed by atoms with Gasteiger partial charge < -0.3 is 15.0 Å². The Bertz CT molecular complexity index is 892. The van der Waals surface area contributed by atoms with Gasteiger partial charge in [0, 0.05) is 25.7 Å². The number of benzene rings is 1. The van der Waals surface area contributed by atoms with Crippen molar-refractivity contribution in [2.75, 3.05) is 26.2 Å². The maximum absolute atomic E-state index is 12.3. The van der Waals surface area contributed by atoms with Crippen LogP contribution in [0.15, 0.2) is 46.0 Å². The van der Waals surface area contributed by atoms with E-state index < -0.39 is 10.0 Å². The lowest BCUT2D eigenvalue weighted by atomic mass is 10.1. The number of nitrogens with zero attached hydrogens (tertiary/aromatic N) is 1. The molecule has 3 rings (SSSR count). The first kappa shape index (κ1) is 21.6. The fraction of sp³-hybridized carbons (Fsp3) is 0.450. The monoisotopic (exact) mass is 437 g/mol. The highest BCUT2D eigenvalue weighted by Crippen LogP contribution is 2.19. The number of sulfonamides is 1. The van der Waals surface area contributed by atoms with Crippen LogP contribution in [0, 0.1) is 6.92 Å². The molecule has 29 heavy (non-hydrogen) atoms. The molecule has 1 saturated heterocycles. The van der Waals surface area contributed by atoms with Gasteiger partial charge in [-0.1, -0.05) is 18.2 Å². The molecule has 0 unspecified atom stereocenters. The Labute approximate surface area is 176 Å². The molecule has 0 bridgehead atoms. The minimum Gasteiger partial charge on any atom is -0.494 e. The van der Waals surface area contributed by atoms with E-state index in [9.17, 15) is 13.2 Å². The predicted molar refractivity (Wildman–Crippen MR) is 114 cm³/mol. The molecule has 158 valence electrons. The normalized spacial score (nSPS) is 15.3. The second kappa shape index (κ2) is 10.1. The zero-order valence-corrected chi connectivity index (χ0v) is 18.1. The number of carbonyl (C=O) groups is 1. The number of likely N-dealkylation sites (tertiary alicyclic amines) is 1. The lowest BCUT2D eigenvalue weighted by molar-refractivity contribution is 0.179. The minimum atomic E-state index is -3.46. The van der Waals surface area contributed by atoms with Gasteiger partial charge in [-0.2, -0.15) is 0 Å². The SMILES string of the molecule is Cc1cccc(OCCCNC(=O)N2CCC(NS(=O)(=O)c3cccs3)CC2)c1. The Morgan fingerprint density at radius 3 is 2.72 bits per heavy atom. The molecule has 2 N–H and O–H groups in total. The number of ether oxygens (including phenoxy) is 1. The Morgan fingerprint density at radius 2 is 2.03 bits per heavy atom. The van der Waals surface area contributed by atoms with Crippen LogP contribution >= 0.6 is 11.3 Å². The third-order valence-electron chi connectivity index (χ3n) is 4.72. The number of piperidine rings is 1. The highest BCUT2D eigenvalue weighted by molar-refractivity contribution is 7.91. The summed E-state index contributed by atoms with van der Waals surface area (Å²) in [4.78, 5) is 14.0. The highest BCUT2D eigenvalue weighted by atomic mass is 32.2. The maximum Gasteiger partial charge on any atom is 0.317 e. The number of rotatable bonds is 8. The summed E-state index contributed by atoms with van der Waals surface area (Å²) < 4.78 is 33.3. The first-order chi connectivity index (χ1) is 13.9. The van der Waals surface area contributed by atoms with Crippen LogP contribution in [-0.4, -0.2) is 51.6 Å². The van der Waals surface area contributed by atoms with E-state index in [1.807, 2.05) is 31.2 Å². The van der Waals surface area contributed by atoms with Crippen molar-refractivity contribution in [1.29, 1.82) is 0 Å². The van der Waals surface area contributed by atoms with Crippen molar-refractivity contribution in [3.05, 3.63) is 47.3 Å². The smallest absolute Gasteiger partial charge is 0.317 e. The lowest BCUT2D eigenvalue weighted by Crippen LogP contribution is -2.49. The Balaban J connectivity index is 1.32. The zero-order valence-electron chi connectivity index (χ0n) is 16.5. The number of aryl methyl sites for hydroxylation is 1. The standard InChI is InChI=1S/C20H27N3O4S2/c1-16-5-2-6-18(15-16)27-13-4-10-21-20(24)23-11-8-17(9-12-23)22-29(25,26)19-7-3-14-28-19/h2-3,5-7,14-15,17,22H,4,8-13H2,1H3,(H,21,24). The molecule has 0 radical (unpaired) electrons. The van der Waals surface area contributed by atoms with Crippen LogP contribution in [0.4, 0.5) is 4.79 Å². The third kappa shape index (κ3) is 6.45. The number of hydrogen-bond acceptors (Lipinski definition) is 5. The molecule has 1 aromatic carbocycles. The van der Waals surface area contributed by atoms with Crippen molar-refractivity contribution >= 4 is 27.4 Å². The van der Waals surface area contributed by atoms with Gasteiger partial charge >= 0.3 is 6.03 Å². The summed E-state index contributed by atoms with van der Waals surface area (Å²) >= 11 is 1.20. The van der Waals surface area contributed by atoms with E-state index in [1.165, 1.54) is 11.3 Å². The van der Waals surface area contributed by atoms with Gasteiger partial charge in [0.2, 0.25) is 10.0 Å². The highest BCUT2D eigenvalue weighted by Gasteiger charge is 2.26. The summed E-state index contributed by atoms with van der Waals surface area (Å²) in [6, 6.07) is 10.9. The molecule has 1 aliphatic heterocycles. The molecule has 0 aliphatic carbocycles. The lowest BCUT2D eigenvalue weighted by Gasteiger charge is -2.32. The largest absolute Gasteiger partial charge is 0.494 e. The number of nitrogens with one attached hydrogen (secondary N) is 2. The minimum absolute atomic E-state index is 0.111. The van der Waals surface area contributed by atoms with E-state index in [1.54, 1.807) is 22.4 Å². The molecular weight excluding hydrogens is 410 g/mol. The molecular formula is C20H27N3O4S2. The van der Waals surface area contributed by atoms with Crippen molar-refractivity contribution in [2.45, 2.75) is 36.4 Å². The van der Waals surface area contributed by atoms with Gasteiger partial charge in [-0.3, -0.25) is 0 Å². The summed E-state index contributed by atoms with van der Waals surface area (Å²) in [6.07, 6.45) is 1.93. The van der Waals surface area contributed by atoms with Crippen molar-refractivity contribution in [2.24, 2.45) is 0 Å². The number of carbonyl (C=O) groups excluding carboxylic acids is 1. The first-order valence-electron chi connectivity index (χ1n) is 9.72. The van der Waals surface area contributed by atoms with Crippen LogP contribution in [0.2, 0.25) is 0 Å². The molecule has 1 aromatic heterocycles. The summed E-state index contributed by atoms with van der Waals surface area (Å²) in [5.74, 6) is 0.836. The first-order valence-corrected chi connectivity index (χ1v) is 12.1. The summed E-state index contributed by atoms with van der Waals surface area (Å²) in [6.45, 7) is 4.15. The van der Waals surface area contributed by atoms with Crippen molar-refractivity contribution in [3.63, 3.8) is 0 Å². The molecule has 2 amide bonds. The quantitative estimate of drug-likeness (QED) is 0.622. The molecule has 2 aromatic rings. The Hall–Kier alpha value is -2.10. The maximum atomic E-state index is 12.3. The summed E-state index contributed by atoms with van der Waals surface area (Å²) in [7, 11) is -3.46. The number of urea groups is 1. The number of thiophene rings is 1. The fourth-order valence-electron chi connectivity index (χ4n) is 3.17. The van der Waals surface area contributed by atoms with Crippen molar-refractivity contribution in [3.8, 4) is 5.75 Å². The van der Waals surface area contributed by atoms with Gasteiger partial charge in [-0.25, -0.2) is 17.9 Å². The Kier molecular flexibility index (Phi) is 7.51. The van der Waals surface area contributed by atoms with Gasteiger partial charge in [0.05, 0.1) is 6.61 Å². The van der Waals surface area contributed by atoms with Gasteiger partial charge in [0.15, 0.2) is 0 Å². The fourth-order valence-corrected chi connectivity index (χ4v) is 5.48. The average molecular weight is 438 g/mol. The van der Waals surface area contributed by atoms with Gasteiger partial charge in [-0.15, -0.1) is 11.3 Å². The van der Waals surface area contributed by atoms with Crippen LogP contribution in [0.25, 0.3) is 0 Å². The second-order valence-electron chi connectivity index (χ2n) is 7.07. The predicted octanol–water partition coefficient (Wildman–Crippen LogP) is 2.98. The number of hydrogen-bond donors (Lipinski definition) is 2. The molecule has 7 nitrogen and oxygen atoms in total. The van der Waals surface area contributed by atoms with Gasteiger partial charge in [0.25, 0.3) is 0 Å². The van der Waals surface area contributed by atoms with Crippen LogP contribution in [0.5, 0.6) is 5.75 Å². The van der Waals surface area contributed by atoms with Crippen LogP contribution in [-0.2, 0) is 10.0 Å². The van der Waals surface area contributed by atoms with E-state index in [0.29, 0.717) is 43.3 Å². The van der Waals surface area contributed by atoms with Crippen molar-refractivity contribution < 1.29 is 17.9 Å². The molecule has 0 saturated carbocycles. The molecule has 1 fully saturated rings. The van der Waals surface area contributed by atoms with E-state index >= 15 is 0 Å². The van der Waals surface area contributed by atoms with Gasteiger partial charge in [-0.05, 0) is 55.3 Å². The Morgan fingerprint density at radius 1 is 1.24 bits per heavy atom. The number of amides is 2. The molecule has 2 heterocycles. The molecule has 9 heteroatoms. The van der Waals surface area contributed by atoms with Crippen molar-refractivity contribution in [1.82, 2.24) is 14.9 Å². The van der Waals surface area contributed by atoms with E-state index in [4.69, 9.17) is 4.74 Å². The summed E-state index contributed by atoms with van der Waals surface area (Å²) in [5.41, 5.74) is 1.15. The van der Waals surface area contributed by atoms with E-state index in [2.05, 4.69) is 10.0 Å². The molecule has 0 spiro atoms. The van der Waals surface area contributed by atoms with Crippen LogP contribution in [0.3, 0.4) is 0 Å². The molecule has 0 atom stereocenters. The second-order valence-corrected chi connectivity index (χ2v) is 9.95. The van der Waals surface area contributed by atoms with Crippen LogP contribution < -0.4 is 14.8 Å². The topological polar surface area (TPSA) is 87.7 Å².